The molecule has 0 atom stereocenters. The van der Waals surface area contributed by atoms with Crippen molar-refractivity contribution >= 4 is 0 Å². The number of quaternary nitrogens is 1. The predicted octanol–water partition coefficient (Wildman–Crippen LogP) is -0.128. The molecule has 3 nitrogen and oxygen atoms in total. The second-order valence-electron chi connectivity index (χ2n) is 4.32. The summed E-state index contributed by atoms with van der Waals surface area (Å²) in [5.41, 5.74) is 4.13. The van der Waals surface area contributed by atoms with Gasteiger partial charge in [-0.1, -0.05) is 0 Å². The third-order valence-electron chi connectivity index (χ3n) is 3.36. The fourth-order valence-electron chi connectivity index (χ4n) is 2.37. The van der Waals surface area contributed by atoms with Gasteiger partial charge < -0.3 is 10.5 Å². The standard InChI is InChI=1S/C10H20N2O/c11-9-1-5-12(6-2-9)10-3-7-13-8-4-10/h9-10H,1-8,11H2/p+1. The molecule has 2 heterocycles. The lowest BCUT2D eigenvalue weighted by Gasteiger charge is -2.37. The summed E-state index contributed by atoms with van der Waals surface area (Å²) in [5, 5.41) is 0. The molecule has 0 amide bonds. The van der Waals surface area contributed by atoms with Gasteiger partial charge in [-0.05, 0) is 12.8 Å². The summed E-state index contributed by atoms with van der Waals surface area (Å²) in [6, 6.07) is 1.51. The lowest BCUT2D eigenvalue weighted by atomic mass is 10.0. The maximum Gasteiger partial charge on any atom is 0.0868 e. The number of hydrogen-bond acceptors (Lipinski definition) is 2. The van der Waals surface area contributed by atoms with E-state index < -0.39 is 0 Å². The van der Waals surface area contributed by atoms with Crippen LogP contribution in [0.4, 0.5) is 0 Å². The van der Waals surface area contributed by atoms with Gasteiger partial charge in [0.2, 0.25) is 0 Å². The molecule has 2 rings (SSSR count). The molecule has 3 N–H and O–H groups in total. The maximum absolute atomic E-state index is 5.37. The van der Waals surface area contributed by atoms with Gasteiger partial charge in [0.1, 0.15) is 0 Å². The van der Waals surface area contributed by atoms with E-state index in [1.54, 1.807) is 0 Å². The molecule has 2 fully saturated rings. The lowest BCUT2D eigenvalue weighted by molar-refractivity contribution is -0.426. The fraction of sp³-hybridized carbons (Fsp3) is 1.00. The van der Waals surface area contributed by atoms with Crippen LogP contribution < -0.4 is 5.73 Å². The van der Waals surface area contributed by atoms with Crippen LogP contribution >= 0.6 is 0 Å². The molecule has 2 aliphatic heterocycles. The second kappa shape index (κ2) is 4.40. The molecule has 13 heavy (non-hydrogen) atoms. The maximum atomic E-state index is 5.37. The monoisotopic (exact) mass is 185 g/mol. The molecule has 0 spiro atoms. The zero-order chi connectivity index (χ0) is 9.10. The average Bonchev–Trinajstić information content (AvgIpc) is 2.20. The van der Waals surface area contributed by atoms with Crippen molar-refractivity contribution < 1.29 is 10.5 Å². The van der Waals surface area contributed by atoms with Crippen LogP contribution in [0.15, 0.2) is 0 Å². The van der Waals surface area contributed by atoms with Gasteiger partial charge in [0.25, 0.3) is 0 Å². The summed E-state index contributed by atoms with van der Waals surface area (Å²) in [5.74, 6) is 0. The first-order valence-corrected chi connectivity index (χ1v) is 5.51. The molecule has 0 radical (unpaired) electrons. The lowest BCUT2D eigenvalue weighted by Crippen LogP contribution is -2.65. The average molecular weight is 185 g/mol. The first-order valence-electron chi connectivity index (χ1n) is 5.51. The Morgan fingerprint density at radius 2 is 1.62 bits per heavy atom. The van der Waals surface area contributed by atoms with Gasteiger partial charge in [-0.15, -0.1) is 0 Å². The smallest absolute Gasteiger partial charge is 0.0868 e. The molecule has 0 aromatic heterocycles. The number of piperidine rings is 1. The van der Waals surface area contributed by atoms with Crippen LogP contribution in [0.3, 0.4) is 0 Å². The quantitative estimate of drug-likeness (QED) is 0.618. The predicted molar refractivity (Wildman–Crippen MR) is 51.3 cm³/mol. The summed E-state index contributed by atoms with van der Waals surface area (Å²) in [6.45, 7) is 4.46. The molecule has 0 aromatic carbocycles. The highest BCUT2D eigenvalue weighted by Crippen LogP contribution is 2.18. The van der Waals surface area contributed by atoms with Gasteiger partial charge in [-0.25, -0.2) is 0 Å². The van der Waals surface area contributed by atoms with Crippen molar-refractivity contribution in [3.8, 4) is 0 Å². The molecular weight excluding hydrogens is 164 g/mol. The van der Waals surface area contributed by atoms with Gasteiger partial charge in [-0.3, -0.25) is 4.90 Å². The van der Waals surface area contributed by atoms with Crippen molar-refractivity contribution in [3.63, 3.8) is 0 Å². The van der Waals surface area contributed by atoms with Crippen molar-refractivity contribution in [1.29, 1.82) is 0 Å². The van der Waals surface area contributed by atoms with E-state index >= 15 is 0 Å². The molecule has 76 valence electrons. The Morgan fingerprint density at radius 3 is 2.23 bits per heavy atom. The molecule has 0 aliphatic carbocycles. The molecule has 0 saturated carbocycles. The van der Waals surface area contributed by atoms with E-state index in [-0.39, 0.29) is 0 Å². The number of nitrogens with zero attached hydrogens (tertiary/aromatic N) is 1. The molecule has 2 aliphatic rings. The third-order valence-corrected chi connectivity index (χ3v) is 3.36. The van der Waals surface area contributed by atoms with Crippen molar-refractivity contribution in [3.05, 3.63) is 0 Å². The fourth-order valence-corrected chi connectivity index (χ4v) is 2.37. The highest BCUT2D eigenvalue weighted by atomic mass is 16.5. The Balaban J connectivity index is 1.79. The number of hydrogen-bond donors (Lipinski definition) is 1. The zero-order valence-corrected chi connectivity index (χ0v) is 8.37. The highest BCUT2D eigenvalue weighted by Gasteiger charge is 2.25. The van der Waals surface area contributed by atoms with E-state index in [0.717, 1.165) is 19.3 Å². The first kappa shape index (κ1) is 9.44. The van der Waals surface area contributed by atoms with Crippen LogP contribution in [-0.2, 0) is 4.74 Å². The van der Waals surface area contributed by atoms with Gasteiger partial charge in [-0.2, -0.15) is 0 Å². The van der Waals surface area contributed by atoms with Crippen LogP contribution in [0.25, 0.3) is 0 Å². The molecule has 0 bridgehead atoms. The van der Waals surface area contributed by atoms with Crippen molar-refractivity contribution in [2.45, 2.75) is 37.8 Å². The summed E-state index contributed by atoms with van der Waals surface area (Å²) in [7, 11) is 0. The number of ether oxygens (including phenoxy) is 1. The van der Waals surface area contributed by atoms with E-state index in [1.807, 2.05) is 0 Å². The van der Waals surface area contributed by atoms with Gasteiger partial charge in [0, 0.05) is 45.2 Å². The van der Waals surface area contributed by atoms with Crippen molar-refractivity contribution in [2.75, 3.05) is 26.3 Å². The Labute approximate surface area is 80.2 Å². The molecule has 0 aromatic rings. The van der Waals surface area contributed by atoms with Gasteiger partial charge in [0.15, 0.2) is 0 Å². The van der Waals surface area contributed by atoms with E-state index in [0.29, 0.717) is 6.04 Å². The molecule has 0 unspecified atom stereocenters. The zero-order valence-electron chi connectivity index (χ0n) is 8.37. The van der Waals surface area contributed by atoms with Crippen molar-refractivity contribution in [2.24, 2.45) is 0 Å². The van der Waals surface area contributed by atoms with E-state index in [4.69, 9.17) is 4.74 Å². The van der Waals surface area contributed by atoms with Crippen LogP contribution in [0.5, 0.6) is 0 Å². The molecule has 2 saturated heterocycles. The topological polar surface area (TPSA) is 40.1 Å². The minimum atomic E-state index is 0.705. The summed E-state index contributed by atoms with van der Waals surface area (Å²) in [6.07, 6.45) is 5.05. The minimum absolute atomic E-state index is 0.705. The first-order chi connectivity index (χ1) is 6.36. The van der Waals surface area contributed by atoms with E-state index in [1.165, 1.54) is 38.8 Å². The summed E-state index contributed by atoms with van der Waals surface area (Å²) in [4.78, 5) is 2.64. The van der Waals surface area contributed by atoms with E-state index in [9.17, 15) is 0 Å². The summed E-state index contributed by atoms with van der Waals surface area (Å²) >= 11 is 0. The number of rotatable bonds is 1. The third kappa shape index (κ3) is 2.42. The SMILES string of the molecule is [NH3+]C1CCN(C2CCOCC2)CC1. The Morgan fingerprint density at radius 1 is 1.00 bits per heavy atom. The normalized spacial score (nSPS) is 29.3. The Hall–Kier alpha value is -0.120. The van der Waals surface area contributed by atoms with Crippen LogP contribution in [0.1, 0.15) is 25.7 Å². The Kier molecular flexibility index (Phi) is 3.19. The van der Waals surface area contributed by atoms with Crippen molar-refractivity contribution in [1.82, 2.24) is 4.90 Å². The molecular formula is C10H21N2O+. The number of likely N-dealkylation sites (tertiary alicyclic amines) is 1. The second-order valence-corrected chi connectivity index (χ2v) is 4.32. The largest absolute Gasteiger partial charge is 0.381 e. The summed E-state index contributed by atoms with van der Waals surface area (Å²) < 4.78 is 5.37. The van der Waals surface area contributed by atoms with Crippen LogP contribution in [-0.4, -0.2) is 43.3 Å². The highest BCUT2D eigenvalue weighted by molar-refractivity contribution is 4.79. The Bertz CT molecular complexity index is 149. The minimum Gasteiger partial charge on any atom is -0.381 e. The van der Waals surface area contributed by atoms with E-state index in [2.05, 4.69) is 10.6 Å². The van der Waals surface area contributed by atoms with Crippen LogP contribution in [0.2, 0.25) is 0 Å². The van der Waals surface area contributed by atoms with Crippen LogP contribution in [0, 0.1) is 0 Å². The van der Waals surface area contributed by atoms with Gasteiger partial charge in [0.05, 0.1) is 6.04 Å². The van der Waals surface area contributed by atoms with Gasteiger partial charge >= 0.3 is 0 Å². The molecule has 3 heteroatoms.